The maximum absolute atomic E-state index is 8.93. The predicted molar refractivity (Wildman–Crippen MR) is 78.9 cm³/mol. The van der Waals surface area contributed by atoms with Crippen molar-refractivity contribution < 1.29 is 0 Å². The molecule has 0 bridgehead atoms. The molecule has 0 amide bonds. The van der Waals surface area contributed by atoms with Crippen LogP contribution in [0.25, 0.3) is 11.0 Å². The van der Waals surface area contributed by atoms with Gasteiger partial charge in [0.05, 0.1) is 22.7 Å². The molecule has 0 spiro atoms. The summed E-state index contributed by atoms with van der Waals surface area (Å²) in [6.45, 7) is 2.03. The van der Waals surface area contributed by atoms with Gasteiger partial charge in [-0.3, -0.25) is 0 Å². The summed E-state index contributed by atoms with van der Waals surface area (Å²) in [7, 11) is 0. The van der Waals surface area contributed by atoms with Gasteiger partial charge in [-0.15, -0.1) is 0 Å². The fraction of sp³-hybridized carbons (Fsp3) is 0.0714. The normalized spacial score (nSPS) is 10.7. The van der Waals surface area contributed by atoms with Crippen LogP contribution in [0.1, 0.15) is 11.1 Å². The number of imidazole rings is 1. The minimum Gasteiger partial charge on any atom is -0.333 e. The van der Waals surface area contributed by atoms with E-state index < -0.39 is 0 Å². The summed E-state index contributed by atoms with van der Waals surface area (Å²) in [6, 6.07) is 11.3. The number of aromatic amines is 1. The molecular formula is C14H9ClN4S. The SMILES string of the molecule is Cc1ccc2nc(Sc3cc(C#N)cc(Cl)n3)[nH]c2c1. The van der Waals surface area contributed by atoms with E-state index in [-0.39, 0.29) is 0 Å². The highest BCUT2D eigenvalue weighted by Crippen LogP contribution is 2.27. The highest BCUT2D eigenvalue weighted by molar-refractivity contribution is 7.99. The second-order valence-corrected chi connectivity index (χ2v) is 5.69. The highest BCUT2D eigenvalue weighted by atomic mass is 35.5. The molecule has 4 nitrogen and oxygen atoms in total. The number of H-pyrrole nitrogens is 1. The Kier molecular flexibility index (Phi) is 3.35. The molecule has 0 aliphatic rings. The van der Waals surface area contributed by atoms with Crippen LogP contribution in [0.4, 0.5) is 0 Å². The van der Waals surface area contributed by atoms with Crippen LogP contribution in [0.5, 0.6) is 0 Å². The number of halogens is 1. The number of aromatic nitrogens is 3. The molecule has 20 heavy (non-hydrogen) atoms. The summed E-state index contributed by atoms with van der Waals surface area (Å²) in [5.41, 5.74) is 3.54. The van der Waals surface area contributed by atoms with Crippen molar-refractivity contribution in [1.29, 1.82) is 5.26 Å². The average Bonchev–Trinajstić information content (AvgIpc) is 2.79. The van der Waals surface area contributed by atoms with E-state index in [9.17, 15) is 0 Å². The van der Waals surface area contributed by atoms with Crippen LogP contribution < -0.4 is 0 Å². The fourth-order valence-electron chi connectivity index (χ4n) is 1.84. The maximum Gasteiger partial charge on any atom is 0.172 e. The summed E-state index contributed by atoms with van der Waals surface area (Å²) in [5.74, 6) is 0. The lowest BCUT2D eigenvalue weighted by Crippen LogP contribution is -1.85. The van der Waals surface area contributed by atoms with Gasteiger partial charge in [0.1, 0.15) is 10.2 Å². The quantitative estimate of drug-likeness (QED) is 0.728. The molecule has 1 aromatic carbocycles. The first-order valence-corrected chi connectivity index (χ1v) is 7.05. The van der Waals surface area contributed by atoms with E-state index in [2.05, 4.69) is 21.0 Å². The van der Waals surface area contributed by atoms with Crippen LogP contribution in [0.2, 0.25) is 5.15 Å². The van der Waals surface area contributed by atoms with Gasteiger partial charge in [0.2, 0.25) is 0 Å². The molecule has 2 heterocycles. The van der Waals surface area contributed by atoms with Crippen molar-refractivity contribution in [3.8, 4) is 6.07 Å². The van der Waals surface area contributed by atoms with Gasteiger partial charge in [-0.2, -0.15) is 5.26 Å². The van der Waals surface area contributed by atoms with E-state index in [0.29, 0.717) is 15.7 Å². The smallest absolute Gasteiger partial charge is 0.172 e. The summed E-state index contributed by atoms with van der Waals surface area (Å²) < 4.78 is 0. The molecular weight excluding hydrogens is 292 g/mol. The molecule has 3 rings (SSSR count). The second kappa shape index (κ2) is 5.16. The molecule has 0 atom stereocenters. The first-order chi connectivity index (χ1) is 9.64. The molecule has 1 N–H and O–H groups in total. The number of fused-ring (bicyclic) bond motifs is 1. The number of pyridine rings is 1. The summed E-state index contributed by atoms with van der Waals surface area (Å²) in [4.78, 5) is 11.9. The lowest BCUT2D eigenvalue weighted by molar-refractivity contribution is 1.05. The van der Waals surface area contributed by atoms with Gasteiger partial charge in [-0.05, 0) is 48.5 Å². The zero-order chi connectivity index (χ0) is 14.1. The number of nitriles is 1. The Balaban J connectivity index is 1.97. The molecule has 0 aliphatic heterocycles. The van der Waals surface area contributed by atoms with Crippen molar-refractivity contribution in [1.82, 2.24) is 15.0 Å². The number of hydrogen-bond donors (Lipinski definition) is 1. The van der Waals surface area contributed by atoms with E-state index in [4.69, 9.17) is 16.9 Å². The first-order valence-electron chi connectivity index (χ1n) is 5.86. The van der Waals surface area contributed by atoms with Crippen molar-refractivity contribution in [2.75, 3.05) is 0 Å². The maximum atomic E-state index is 8.93. The first kappa shape index (κ1) is 13.0. The van der Waals surface area contributed by atoms with E-state index in [1.165, 1.54) is 23.4 Å². The minimum absolute atomic E-state index is 0.304. The third-order valence-corrected chi connectivity index (χ3v) is 3.72. The van der Waals surface area contributed by atoms with Crippen LogP contribution in [-0.4, -0.2) is 15.0 Å². The van der Waals surface area contributed by atoms with Crippen molar-refractivity contribution in [3.05, 3.63) is 46.6 Å². The van der Waals surface area contributed by atoms with Crippen LogP contribution in [0, 0.1) is 18.3 Å². The standard InChI is InChI=1S/C14H9ClN4S/c1-8-2-3-10-11(4-8)18-14(17-10)20-13-6-9(7-16)5-12(15)19-13/h2-6H,1H3,(H,17,18). The molecule has 0 radical (unpaired) electrons. The molecule has 98 valence electrons. The molecule has 2 aromatic heterocycles. The van der Waals surface area contributed by atoms with Crippen molar-refractivity contribution >= 4 is 34.4 Å². The van der Waals surface area contributed by atoms with Gasteiger partial charge < -0.3 is 4.98 Å². The monoisotopic (exact) mass is 300 g/mol. The van der Waals surface area contributed by atoms with Crippen molar-refractivity contribution in [2.45, 2.75) is 17.1 Å². The number of nitrogens with zero attached hydrogens (tertiary/aromatic N) is 3. The van der Waals surface area contributed by atoms with Gasteiger partial charge in [-0.25, -0.2) is 9.97 Å². The Hall–Kier alpha value is -2.03. The Bertz CT molecular complexity index is 835. The van der Waals surface area contributed by atoms with Crippen LogP contribution >= 0.6 is 23.4 Å². The molecule has 0 fully saturated rings. The van der Waals surface area contributed by atoms with Crippen molar-refractivity contribution in [3.63, 3.8) is 0 Å². The van der Waals surface area contributed by atoms with Gasteiger partial charge >= 0.3 is 0 Å². The zero-order valence-electron chi connectivity index (χ0n) is 10.5. The lowest BCUT2D eigenvalue weighted by Gasteiger charge is -1.98. The predicted octanol–water partition coefficient (Wildman–Crippen LogP) is 3.94. The van der Waals surface area contributed by atoms with E-state index in [0.717, 1.165) is 16.2 Å². The highest BCUT2D eigenvalue weighted by Gasteiger charge is 2.08. The topological polar surface area (TPSA) is 65.4 Å². The number of benzene rings is 1. The molecule has 0 saturated carbocycles. The van der Waals surface area contributed by atoms with Crippen LogP contribution in [0.15, 0.2) is 40.5 Å². The van der Waals surface area contributed by atoms with Gasteiger partial charge in [-0.1, -0.05) is 17.7 Å². The number of hydrogen-bond acceptors (Lipinski definition) is 4. The Morgan fingerprint density at radius 1 is 1.25 bits per heavy atom. The van der Waals surface area contributed by atoms with Gasteiger partial charge in [0.25, 0.3) is 0 Å². The summed E-state index contributed by atoms with van der Waals surface area (Å²) >= 11 is 7.24. The van der Waals surface area contributed by atoms with Gasteiger partial charge in [0.15, 0.2) is 5.16 Å². The minimum atomic E-state index is 0.304. The van der Waals surface area contributed by atoms with Crippen molar-refractivity contribution in [2.24, 2.45) is 0 Å². The third-order valence-electron chi connectivity index (χ3n) is 2.72. The Labute approximate surface area is 124 Å². The molecule has 0 saturated heterocycles. The lowest BCUT2D eigenvalue weighted by atomic mass is 10.2. The van der Waals surface area contributed by atoms with E-state index >= 15 is 0 Å². The number of nitrogens with one attached hydrogen (secondary N) is 1. The average molecular weight is 301 g/mol. The van der Waals surface area contributed by atoms with Gasteiger partial charge in [0, 0.05) is 0 Å². The van der Waals surface area contributed by atoms with E-state index in [1.54, 1.807) is 6.07 Å². The Morgan fingerprint density at radius 2 is 2.10 bits per heavy atom. The van der Waals surface area contributed by atoms with Crippen LogP contribution in [-0.2, 0) is 0 Å². The van der Waals surface area contributed by atoms with Crippen LogP contribution in [0.3, 0.4) is 0 Å². The Morgan fingerprint density at radius 3 is 2.90 bits per heavy atom. The second-order valence-electron chi connectivity index (χ2n) is 4.29. The molecule has 6 heteroatoms. The zero-order valence-corrected chi connectivity index (χ0v) is 12.1. The third kappa shape index (κ3) is 2.62. The largest absolute Gasteiger partial charge is 0.333 e. The summed E-state index contributed by atoms with van der Waals surface area (Å²) in [6.07, 6.45) is 0. The number of aryl methyl sites for hydroxylation is 1. The molecule has 0 unspecified atom stereocenters. The fourth-order valence-corrected chi connectivity index (χ4v) is 2.93. The summed E-state index contributed by atoms with van der Waals surface area (Å²) in [5, 5.41) is 10.6. The molecule has 0 aliphatic carbocycles. The molecule has 3 aromatic rings. The number of rotatable bonds is 2. The van der Waals surface area contributed by atoms with E-state index in [1.807, 2.05) is 25.1 Å².